The van der Waals surface area contributed by atoms with Gasteiger partial charge in [0.05, 0.1) is 18.1 Å². The van der Waals surface area contributed by atoms with Crippen molar-refractivity contribution in [1.29, 1.82) is 0 Å². The summed E-state index contributed by atoms with van der Waals surface area (Å²) in [7, 11) is 0. The Morgan fingerprint density at radius 2 is 2.42 bits per heavy atom. The SMILES string of the molecule is CCOC1=C([C@H](C[N+](=O)[O-])c2cccs2)C(=O)CO1. The zero-order valence-electron chi connectivity index (χ0n) is 10.3. The largest absolute Gasteiger partial charge is 0.465 e. The number of ether oxygens (including phenoxy) is 2. The van der Waals surface area contributed by atoms with E-state index in [0.717, 1.165) is 4.88 Å². The zero-order valence-corrected chi connectivity index (χ0v) is 11.1. The molecule has 0 spiro atoms. The Morgan fingerprint density at radius 1 is 1.63 bits per heavy atom. The van der Waals surface area contributed by atoms with E-state index in [1.165, 1.54) is 11.3 Å². The summed E-state index contributed by atoms with van der Waals surface area (Å²) in [5, 5.41) is 12.7. The Hall–Kier alpha value is -1.89. The molecule has 0 aromatic carbocycles. The molecule has 0 unspecified atom stereocenters. The maximum Gasteiger partial charge on any atom is 0.287 e. The average molecular weight is 283 g/mol. The molecule has 0 radical (unpaired) electrons. The summed E-state index contributed by atoms with van der Waals surface area (Å²) in [5.41, 5.74) is 0.279. The molecule has 1 aromatic rings. The highest BCUT2D eigenvalue weighted by Gasteiger charge is 2.37. The molecule has 1 aliphatic heterocycles. The van der Waals surface area contributed by atoms with Crippen molar-refractivity contribution < 1.29 is 19.2 Å². The van der Waals surface area contributed by atoms with E-state index in [-0.39, 0.29) is 30.5 Å². The molecule has 6 nitrogen and oxygen atoms in total. The van der Waals surface area contributed by atoms with Crippen molar-refractivity contribution in [3.05, 3.63) is 44.0 Å². The molecule has 2 heterocycles. The molecule has 2 rings (SSSR count). The lowest BCUT2D eigenvalue weighted by molar-refractivity contribution is -0.481. The van der Waals surface area contributed by atoms with Gasteiger partial charge in [0.2, 0.25) is 12.3 Å². The molecular weight excluding hydrogens is 270 g/mol. The predicted molar refractivity (Wildman–Crippen MR) is 68.5 cm³/mol. The van der Waals surface area contributed by atoms with E-state index >= 15 is 0 Å². The number of hydrogen-bond acceptors (Lipinski definition) is 6. The first-order valence-electron chi connectivity index (χ1n) is 5.81. The van der Waals surface area contributed by atoms with Crippen LogP contribution in [0.4, 0.5) is 0 Å². The first kappa shape index (κ1) is 13.5. The molecule has 1 atom stereocenters. The third-order valence-corrected chi connectivity index (χ3v) is 3.68. The number of nitro groups is 1. The lowest BCUT2D eigenvalue weighted by Crippen LogP contribution is -2.19. The fourth-order valence-electron chi connectivity index (χ4n) is 1.95. The maximum absolute atomic E-state index is 11.9. The van der Waals surface area contributed by atoms with Crippen molar-refractivity contribution in [1.82, 2.24) is 0 Å². The van der Waals surface area contributed by atoms with Crippen LogP contribution in [0.25, 0.3) is 0 Å². The highest BCUT2D eigenvalue weighted by atomic mass is 32.1. The molecule has 1 aliphatic rings. The number of ketones is 1. The molecule has 0 N–H and O–H groups in total. The van der Waals surface area contributed by atoms with Gasteiger partial charge < -0.3 is 9.47 Å². The summed E-state index contributed by atoms with van der Waals surface area (Å²) < 4.78 is 10.4. The monoisotopic (exact) mass is 283 g/mol. The van der Waals surface area contributed by atoms with E-state index in [0.29, 0.717) is 6.61 Å². The van der Waals surface area contributed by atoms with E-state index in [1.54, 1.807) is 19.1 Å². The Bertz CT molecular complexity index is 508. The Labute approximate surface area is 113 Å². The first-order chi connectivity index (χ1) is 9.13. The van der Waals surface area contributed by atoms with Crippen molar-refractivity contribution in [2.75, 3.05) is 19.8 Å². The topological polar surface area (TPSA) is 78.7 Å². The van der Waals surface area contributed by atoms with Gasteiger partial charge in [0, 0.05) is 9.80 Å². The number of hydrogen-bond donors (Lipinski definition) is 0. The summed E-state index contributed by atoms with van der Waals surface area (Å²) in [6.07, 6.45) is 0. The second-order valence-corrected chi connectivity index (χ2v) is 4.91. The molecule has 0 aliphatic carbocycles. The molecule has 0 saturated carbocycles. The molecule has 0 fully saturated rings. The zero-order chi connectivity index (χ0) is 13.8. The molecule has 1 aromatic heterocycles. The first-order valence-corrected chi connectivity index (χ1v) is 6.69. The van der Waals surface area contributed by atoms with Crippen molar-refractivity contribution in [3.63, 3.8) is 0 Å². The molecule has 19 heavy (non-hydrogen) atoms. The summed E-state index contributed by atoms with van der Waals surface area (Å²) >= 11 is 1.38. The predicted octanol–water partition coefficient (Wildman–Crippen LogP) is 1.96. The van der Waals surface area contributed by atoms with Gasteiger partial charge in [-0.05, 0) is 18.4 Å². The van der Waals surface area contributed by atoms with Crippen molar-refractivity contribution in [3.8, 4) is 0 Å². The lowest BCUT2D eigenvalue weighted by atomic mass is 9.95. The number of carbonyl (C=O) groups is 1. The molecule has 0 amide bonds. The van der Waals surface area contributed by atoms with Crippen LogP contribution < -0.4 is 0 Å². The minimum Gasteiger partial charge on any atom is -0.465 e. The summed E-state index contributed by atoms with van der Waals surface area (Å²) in [6, 6.07) is 3.58. The lowest BCUT2D eigenvalue weighted by Gasteiger charge is -2.12. The molecule has 0 saturated heterocycles. The van der Waals surface area contributed by atoms with Crippen molar-refractivity contribution in [2.24, 2.45) is 0 Å². The standard InChI is InChI=1S/C12H13NO5S/c1-2-17-12-11(9(14)7-18-12)8(6-13(15)16)10-4-3-5-19-10/h3-5,8H,2,6-7H2,1H3/t8-/m1/s1. The van der Waals surface area contributed by atoms with Crippen LogP contribution in [-0.4, -0.2) is 30.5 Å². The fraction of sp³-hybridized carbons (Fsp3) is 0.417. The fourth-order valence-corrected chi connectivity index (χ4v) is 2.78. The Morgan fingerprint density at radius 3 is 3.00 bits per heavy atom. The van der Waals surface area contributed by atoms with E-state index in [9.17, 15) is 14.9 Å². The van der Waals surface area contributed by atoms with Crippen LogP contribution in [0.5, 0.6) is 0 Å². The minimum atomic E-state index is -0.605. The van der Waals surface area contributed by atoms with Crippen molar-refractivity contribution >= 4 is 17.1 Å². The highest BCUT2D eigenvalue weighted by molar-refractivity contribution is 7.10. The van der Waals surface area contributed by atoms with Crippen LogP contribution in [0, 0.1) is 10.1 Å². The van der Waals surface area contributed by atoms with Gasteiger partial charge >= 0.3 is 0 Å². The second kappa shape index (κ2) is 5.83. The molecule has 7 heteroatoms. The van der Waals surface area contributed by atoms with E-state index in [2.05, 4.69) is 0 Å². The molecular formula is C12H13NO5S. The quantitative estimate of drug-likeness (QED) is 0.589. The van der Waals surface area contributed by atoms with Gasteiger partial charge in [0.15, 0.2) is 6.61 Å². The van der Waals surface area contributed by atoms with Gasteiger partial charge in [-0.25, -0.2) is 0 Å². The molecule has 0 bridgehead atoms. The number of nitrogens with zero attached hydrogens (tertiary/aromatic N) is 1. The number of rotatable bonds is 6. The normalized spacial score (nSPS) is 16.4. The number of Topliss-reactive ketones (excluding diaryl/α,β-unsaturated/α-hetero) is 1. The third-order valence-electron chi connectivity index (χ3n) is 2.70. The van der Waals surface area contributed by atoms with Gasteiger partial charge in [-0.1, -0.05) is 6.07 Å². The van der Waals surface area contributed by atoms with E-state index < -0.39 is 10.8 Å². The smallest absolute Gasteiger partial charge is 0.287 e. The Balaban J connectivity index is 2.38. The van der Waals surface area contributed by atoms with Gasteiger partial charge in [0.1, 0.15) is 0 Å². The van der Waals surface area contributed by atoms with Gasteiger partial charge in [-0.2, -0.15) is 0 Å². The van der Waals surface area contributed by atoms with Crippen LogP contribution in [0.15, 0.2) is 29.0 Å². The highest BCUT2D eigenvalue weighted by Crippen LogP contribution is 2.34. The summed E-state index contributed by atoms with van der Waals surface area (Å²) in [5.74, 6) is -0.719. The summed E-state index contributed by atoms with van der Waals surface area (Å²) in [6.45, 7) is 1.66. The van der Waals surface area contributed by atoms with Gasteiger partial charge in [-0.3, -0.25) is 14.9 Å². The van der Waals surface area contributed by atoms with Gasteiger partial charge in [-0.15, -0.1) is 11.3 Å². The van der Waals surface area contributed by atoms with Crippen LogP contribution >= 0.6 is 11.3 Å². The van der Waals surface area contributed by atoms with Crippen LogP contribution in [0.2, 0.25) is 0 Å². The second-order valence-electron chi connectivity index (χ2n) is 3.93. The summed E-state index contributed by atoms with van der Waals surface area (Å²) in [4.78, 5) is 23.1. The Kier molecular flexibility index (Phi) is 4.16. The minimum absolute atomic E-state index is 0.107. The maximum atomic E-state index is 11.9. The van der Waals surface area contributed by atoms with Gasteiger partial charge in [0.25, 0.3) is 5.95 Å². The number of thiophene rings is 1. The molecule has 102 valence electrons. The average Bonchev–Trinajstić information content (AvgIpc) is 2.98. The third kappa shape index (κ3) is 2.93. The van der Waals surface area contributed by atoms with E-state index in [4.69, 9.17) is 9.47 Å². The van der Waals surface area contributed by atoms with E-state index in [1.807, 2.05) is 5.38 Å². The van der Waals surface area contributed by atoms with Crippen LogP contribution in [0.1, 0.15) is 17.7 Å². The van der Waals surface area contributed by atoms with Crippen molar-refractivity contribution in [2.45, 2.75) is 12.8 Å². The van der Waals surface area contributed by atoms with Crippen LogP contribution in [-0.2, 0) is 14.3 Å². The number of carbonyl (C=O) groups excluding carboxylic acids is 1. The van der Waals surface area contributed by atoms with Crippen LogP contribution in [0.3, 0.4) is 0 Å².